The highest BCUT2D eigenvalue weighted by Gasteiger charge is 2.31. The van der Waals surface area contributed by atoms with Crippen molar-refractivity contribution in [1.29, 1.82) is 0 Å². The molecule has 0 bridgehead atoms. The molecule has 2 amide bonds. The lowest BCUT2D eigenvalue weighted by Gasteiger charge is -2.36. The molecule has 1 saturated heterocycles. The molecule has 52 heavy (non-hydrogen) atoms. The summed E-state index contributed by atoms with van der Waals surface area (Å²) in [5, 5.41) is 37.3. The van der Waals surface area contributed by atoms with Crippen molar-refractivity contribution in [2.24, 2.45) is 0 Å². The van der Waals surface area contributed by atoms with Gasteiger partial charge in [-0.2, -0.15) is 0 Å². The number of amides is 2. The Kier molecular flexibility index (Phi) is 10.2. The molecule has 6 N–H and O–H groups in total. The van der Waals surface area contributed by atoms with E-state index >= 15 is 0 Å². The van der Waals surface area contributed by atoms with Crippen LogP contribution in [0.1, 0.15) is 91.9 Å². The zero-order valence-electron chi connectivity index (χ0n) is 29.4. The standard InChI is InChI=1S/C40H44N6O6/c1-22-29(5-3-7-33(22)44-38(49)35-13-31(24-9-10-24)26(15-41-35)16-43-37(21-47)40(51)52)30-6-4-8-34(23(30)2)45-39(50)36-14-32(25-11-12-25)27(17-42-36)18-46-19-28(48)20-46/h3-8,13-15,17,24-25,28,37,43,47-48H,9-12,16,18-21H2,1-2H3,(H,44,49)(H,45,50)(H,51,52)/t37-/m1/s1. The molecule has 2 aromatic heterocycles. The molecule has 0 spiro atoms. The van der Waals surface area contributed by atoms with E-state index in [2.05, 4.69) is 30.8 Å². The number of aliphatic hydroxyl groups excluding tert-OH is 2. The predicted octanol–water partition coefficient (Wildman–Crippen LogP) is 4.73. The molecule has 0 unspecified atom stereocenters. The number of pyridine rings is 2. The van der Waals surface area contributed by atoms with E-state index in [9.17, 15) is 29.7 Å². The molecule has 2 saturated carbocycles. The Hall–Kier alpha value is -5.01. The van der Waals surface area contributed by atoms with Crippen molar-refractivity contribution in [2.75, 3.05) is 30.3 Å². The van der Waals surface area contributed by atoms with Crippen LogP contribution in [0.5, 0.6) is 0 Å². The lowest BCUT2D eigenvalue weighted by atomic mass is 9.94. The molecular formula is C40H44N6O6. The molecule has 0 radical (unpaired) electrons. The van der Waals surface area contributed by atoms with Gasteiger partial charge in [-0.1, -0.05) is 24.3 Å². The molecule has 2 aliphatic carbocycles. The van der Waals surface area contributed by atoms with Crippen molar-refractivity contribution in [1.82, 2.24) is 20.2 Å². The van der Waals surface area contributed by atoms with E-state index in [0.29, 0.717) is 36.1 Å². The second-order valence-corrected chi connectivity index (χ2v) is 14.3. The molecule has 3 fully saturated rings. The number of carboxylic acid groups (broad SMARTS) is 1. The molecule has 4 aromatic rings. The van der Waals surface area contributed by atoms with Gasteiger partial charge in [0.1, 0.15) is 17.4 Å². The number of carboxylic acids is 1. The van der Waals surface area contributed by atoms with E-state index in [1.807, 2.05) is 62.5 Å². The van der Waals surface area contributed by atoms with Crippen LogP contribution in [0.2, 0.25) is 0 Å². The zero-order valence-corrected chi connectivity index (χ0v) is 29.4. The highest BCUT2D eigenvalue weighted by atomic mass is 16.4. The summed E-state index contributed by atoms with van der Waals surface area (Å²) in [5.41, 5.74) is 9.54. The maximum absolute atomic E-state index is 13.5. The summed E-state index contributed by atoms with van der Waals surface area (Å²) in [5.74, 6) is -1.04. The quantitative estimate of drug-likeness (QED) is 0.108. The Morgan fingerprint density at radius 2 is 1.31 bits per heavy atom. The number of carbonyl (C=O) groups excluding carboxylic acids is 2. The molecule has 12 heteroatoms. The van der Waals surface area contributed by atoms with Gasteiger partial charge in [0.15, 0.2) is 0 Å². The monoisotopic (exact) mass is 704 g/mol. The van der Waals surface area contributed by atoms with Gasteiger partial charge >= 0.3 is 5.97 Å². The maximum Gasteiger partial charge on any atom is 0.323 e. The normalized spacial score (nSPS) is 16.6. The third-order valence-corrected chi connectivity index (χ3v) is 10.4. The van der Waals surface area contributed by atoms with Gasteiger partial charge in [0.25, 0.3) is 11.8 Å². The van der Waals surface area contributed by atoms with E-state index in [-0.39, 0.29) is 36.1 Å². The van der Waals surface area contributed by atoms with Crippen LogP contribution >= 0.6 is 0 Å². The van der Waals surface area contributed by atoms with E-state index in [4.69, 9.17) is 0 Å². The van der Waals surface area contributed by atoms with Gasteiger partial charge in [-0.3, -0.25) is 34.6 Å². The average molecular weight is 705 g/mol. The fourth-order valence-electron chi connectivity index (χ4n) is 6.95. The number of hydrogen-bond acceptors (Lipinski definition) is 9. The first-order valence-electron chi connectivity index (χ1n) is 17.9. The van der Waals surface area contributed by atoms with Crippen molar-refractivity contribution >= 4 is 29.2 Å². The number of β-amino-alcohol motifs (C(OH)–C–C–N with tert-alkyl or cyclic N) is 1. The number of likely N-dealkylation sites (tertiary alicyclic amines) is 1. The minimum absolute atomic E-state index is 0.216. The highest BCUT2D eigenvalue weighted by molar-refractivity contribution is 6.05. The van der Waals surface area contributed by atoms with Crippen LogP contribution in [0.4, 0.5) is 11.4 Å². The fraction of sp³-hybridized carbons (Fsp3) is 0.375. The van der Waals surface area contributed by atoms with Gasteiger partial charge < -0.3 is 26.0 Å². The summed E-state index contributed by atoms with van der Waals surface area (Å²) in [6, 6.07) is 14.1. The summed E-state index contributed by atoms with van der Waals surface area (Å²) in [6.07, 6.45) is 7.32. The molecule has 270 valence electrons. The number of anilines is 2. The number of rotatable bonds is 14. The Balaban J connectivity index is 1.06. The van der Waals surface area contributed by atoms with Gasteiger partial charge in [-0.05, 0) is 120 Å². The van der Waals surface area contributed by atoms with Crippen molar-refractivity contribution < 1.29 is 29.7 Å². The Morgan fingerprint density at radius 3 is 1.77 bits per heavy atom. The number of benzene rings is 2. The summed E-state index contributed by atoms with van der Waals surface area (Å²) >= 11 is 0. The van der Waals surface area contributed by atoms with Gasteiger partial charge in [0.2, 0.25) is 0 Å². The number of carbonyl (C=O) groups is 3. The molecule has 2 aromatic carbocycles. The van der Waals surface area contributed by atoms with Crippen LogP contribution in [0.3, 0.4) is 0 Å². The maximum atomic E-state index is 13.5. The van der Waals surface area contributed by atoms with Crippen molar-refractivity contribution in [2.45, 2.75) is 76.6 Å². The minimum Gasteiger partial charge on any atom is -0.480 e. The third-order valence-electron chi connectivity index (χ3n) is 10.4. The van der Waals surface area contributed by atoms with Crippen LogP contribution in [-0.4, -0.2) is 79.8 Å². The number of aromatic nitrogens is 2. The summed E-state index contributed by atoms with van der Waals surface area (Å²) in [4.78, 5) is 49.5. The molecule has 1 aliphatic heterocycles. The van der Waals surface area contributed by atoms with Crippen LogP contribution in [0.25, 0.3) is 11.1 Å². The molecule has 7 rings (SSSR count). The SMILES string of the molecule is Cc1c(NC(=O)c2cc(C3CC3)c(CN[C@H](CO)C(=O)O)cn2)cccc1-c1cccc(NC(=O)c2cc(C3CC3)c(CN3CC(O)C3)cn2)c1C. The Bertz CT molecular complexity index is 2020. The van der Waals surface area contributed by atoms with Crippen LogP contribution in [0, 0.1) is 13.8 Å². The number of aliphatic hydroxyl groups is 2. The lowest BCUT2D eigenvalue weighted by Crippen LogP contribution is -2.49. The van der Waals surface area contributed by atoms with Gasteiger partial charge in [-0.25, -0.2) is 0 Å². The number of hydrogen-bond donors (Lipinski definition) is 6. The third kappa shape index (κ3) is 7.75. The topological polar surface area (TPSA) is 177 Å². The molecule has 12 nitrogen and oxygen atoms in total. The van der Waals surface area contributed by atoms with Gasteiger partial charge in [0.05, 0.1) is 12.7 Å². The van der Waals surface area contributed by atoms with Crippen LogP contribution < -0.4 is 16.0 Å². The largest absolute Gasteiger partial charge is 0.480 e. The summed E-state index contributed by atoms with van der Waals surface area (Å²) in [6.45, 7) is 5.64. The first-order chi connectivity index (χ1) is 25.1. The van der Waals surface area contributed by atoms with Crippen LogP contribution in [-0.2, 0) is 17.9 Å². The fourth-order valence-corrected chi connectivity index (χ4v) is 6.95. The van der Waals surface area contributed by atoms with Crippen molar-refractivity contribution in [3.8, 4) is 11.1 Å². The van der Waals surface area contributed by atoms with E-state index in [0.717, 1.165) is 71.2 Å². The summed E-state index contributed by atoms with van der Waals surface area (Å²) in [7, 11) is 0. The number of nitrogens with zero attached hydrogens (tertiary/aromatic N) is 3. The number of aliphatic carboxylic acids is 1. The van der Waals surface area contributed by atoms with Gasteiger partial charge in [0, 0.05) is 49.9 Å². The number of nitrogens with one attached hydrogen (secondary N) is 3. The second-order valence-electron chi connectivity index (χ2n) is 14.3. The molecule has 1 atom stereocenters. The molecular weight excluding hydrogens is 660 g/mol. The smallest absolute Gasteiger partial charge is 0.323 e. The lowest BCUT2D eigenvalue weighted by molar-refractivity contribution is -0.140. The average Bonchev–Trinajstić information content (AvgIpc) is 4.05. The highest BCUT2D eigenvalue weighted by Crippen LogP contribution is 2.43. The first-order valence-corrected chi connectivity index (χ1v) is 17.9. The second kappa shape index (κ2) is 14.9. The van der Waals surface area contributed by atoms with E-state index in [1.54, 1.807) is 12.3 Å². The zero-order chi connectivity index (χ0) is 36.5. The van der Waals surface area contributed by atoms with Crippen molar-refractivity contribution in [3.05, 3.63) is 106 Å². The van der Waals surface area contributed by atoms with Crippen LogP contribution in [0.15, 0.2) is 60.9 Å². The minimum atomic E-state index is -1.13. The molecule has 3 aliphatic rings. The molecule has 3 heterocycles. The summed E-state index contributed by atoms with van der Waals surface area (Å²) < 4.78 is 0. The predicted molar refractivity (Wildman–Crippen MR) is 196 cm³/mol. The first kappa shape index (κ1) is 35.4. The Morgan fingerprint density at radius 1 is 0.808 bits per heavy atom. The van der Waals surface area contributed by atoms with E-state index < -0.39 is 18.6 Å². The van der Waals surface area contributed by atoms with E-state index in [1.165, 1.54) is 5.56 Å². The Labute approximate surface area is 302 Å². The van der Waals surface area contributed by atoms with Crippen molar-refractivity contribution in [3.63, 3.8) is 0 Å². The van der Waals surface area contributed by atoms with Gasteiger partial charge in [-0.15, -0.1) is 0 Å².